The Morgan fingerprint density at radius 2 is 1.95 bits per heavy atom. The normalized spacial score (nSPS) is 10.7. The summed E-state index contributed by atoms with van der Waals surface area (Å²) in [7, 11) is 1.99. The van der Waals surface area contributed by atoms with Crippen LogP contribution in [0.1, 0.15) is 19.4 Å². The average Bonchev–Trinajstić information content (AvgIpc) is 2.40. The molecule has 0 atom stereocenters. The molecule has 2 amide bonds. The van der Waals surface area contributed by atoms with Crippen LogP contribution in [0.5, 0.6) is 0 Å². The second kappa shape index (κ2) is 8.26. The standard InChI is InChI=1S/C15H23N3O3/c1-11(2)18(3)9-8-16-15(21)17-13-7-5-4-6-12(13)10-14(19)20/h4-7,11H,8-10H2,1-3H3,(H,19,20)(H2,16,17,21). The Bertz CT molecular complexity index is 489. The van der Waals surface area contributed by atoms with Crippen molar-refractivity contribution in [2.24, 2.45) is 0 Å². The number of urea groups is 1. The van der Waals surface area contributed by atoms with Crippen molar-refractivity contribution >= 4 is 17.7 Å². The second-order valence-corrected chi connectivity index (χ2v) is 5.18. The Labute approximate surface area is 125 Å². The molecule has 0 aliphatic rings. The maximum Gasteiger partial charge on any atom is 0.319 e. The highest BCUT2D eigenvalue weighted by atomic mass is 16.4. The van der Waals surface area contributed by atoms with E-state index in [0.717, 1.165) is 6.54 Å². The number of carbonyl (C=O) groups is 2. The average molecular weight is 293 g/mol. The quantitative estimate of drug-likeness (QED) is 0.715. The number of para-hydroxylation sites is 1. The topological polar surface area (TPSA) is 81.7 Å². The minimum Gasteiger partial charge on any atom is -0.481 e. The van der Waals surface area contributed by atoms with E-state index < -0.39 is 5.97 Å². The Morgan fingerprint density at radius 3 is 2.57 bits per heavy atom. The van der Waals surface area contributed by atoms with Crippen LogP contribution in [0.25, 0.3) is 0 Å². The molecule has 0 radical (unpaired) electrons. The Kier molecular flexibility index (Phi) is 6.68. The fourth-order valence-corrected chi connectivity index (χ4v) is 1.73. The van der Waals surface area contributed by atoms with E-state index >= 15 is 0 Å². The molecule has 116 valence electrons. The van der Waals surface area contributed by atoms with Crippen LogP contribution in [-0.4, -0.2) is 48.2 Å². The van der Waals surface area contributed by atoms with Crippen LogP contribution in [0.2, 0.25) is 0 Å². The number of aliphatic carboxylic acids is 1. The lowest BCUT2D eigenvalue weighted by molar-refractivity contribution is -0.136. The first kappa shape index (κ1) is 17.0. The van der Waals surface area contributed by atoms with Gasteiger partial charge in [0.2, 0.25) is 0 Å². The number of anilines is 1. The van der Waals surface area contributed by atoms with Gasteiger partial charge in [-0.1, -0.05) is 18.2 Å². The number of rotatable bonds is 7. The van der Waals surface area contributed by atoms with Gasteiger partial charge in [0.15, 0.2) is 0 Å². The minimum absolute atomic E-state index is 0.119. The van der Waals surface area contributed by atoms with Crippen LogP contribution in [-0.2, 0) is 11.2 Å². The molecule has 1 aromatic carbocycles. The number of benzene rings is 1. The Hall–Kier alpha value is -2.08. The van der Waals surface area contributed by atoms with E-state index in [0.29, 0.717) is 23.8 Å². The van der Waals surface area contributed by atoms with Gasteiger partial charge < -0.3 is 20.6 Å². The molecule has 3 N–H and O–H groups in total. The summed E-state index contributed by atoms with van der Waals surface area (Å²) in [4.78, 5) is 24.7. The molecule has 0 spiro atoms. The molecule has 1 aromatic rings. The fourth-order valence-electron chi connectivity index (χ4n) is 1.73. The number of likely N-dealkylation sites (N-methyl/N-ethyl adjacent to an activating group) is 1. The molecule has 0 saturated heterocycles. The zero-order valence-electron chi connectivity index (χ0n) is 12.7. The van der Waals surface area contributed by atoms with Gasteiger partial charge in [-0.05, 0) is 32.5 Å². The summed E-state index contributed by atoms with van der Waals surface area (Å²) in [5, 5.41) is 14.3. The number of carboxylic acids is 1. The molecular formula is C15H23N3O3. The zero-order valence-corrected chi connectivity index (χ0v) is 12.7. The number of carbonyl (C=O) groups excluding carboxylic acids is 1. The zero-order chi connectivity index (χ0) is 15.8. The molecule has 0 heterocycles. The van der Waals surface area contributed by atoms with Crippen molar-refractivity contribution in [1.29, 1.82) is 0 Å². The van der Waals surface area contributed by atoms with Crippen LogP contribution in [0, 0.1) is 0 Å². The summed E-state index contributed by atoms with van der Waals surface area (Å²) < 4.78 is 0. The minimum atomic E-state index is -0.928. The molecule has 0 bridgehead atoms. The van der Waals surface area contributed by atoms with Crippen molar-refractivity contribution in [3.05, 3.63) is 29.8 Å². The van der Waals surface area contributed by atoms with Crippen LogP contribution >= 0.6 is 0 Å². The Morgan fingerprint density at radius 1 is 1.29 bits per heavy atom. The molecule has 0 unspecified atom stereocenters. The number of hydrogen-bond donors (Lipinski definition) is 3. The van der Waals surface area contributed by atoms with Crippen molar-refractivity contribution in [3.63, 3.8) is 0 Å². The lowest BCUT2D eigenvalue weighted by atomic mass is 10.1. The first-order chi connectivity index (χ1) is 9.90. The third kappa shape index (κ3) is 6.27. The van der Waals surface area contributed by atoms with E-state index in [9.17, 15) is 9.59 Å². The predicted molar refractivity (Wildman–Crippen MR) is 82.6 cm³/mol. The van der Waals surface area contributed by atoms with E-state index in [1.165, 1.54) is 0 Å². The van der Waals surface area contributed by atoms with Gasteiger partial charge in [-0.15, -0.1) is 0 Å². The summed E-state index contributed by atoms with van der Waals surface area (Å²) in [6.45, 7) is 5.45. The van der Waals surface area contributed by atoms with Gasteiger partial charge in [0, 0.05) is 24.8 Å². The lowest BCUT2D eigenvalue weighted by Crippen LogP contribution is -2.38. The number of hydrogen-bond acceptors (Lipinski definition) is 3. The molecule has 0 aliphatic carbocycles. The maximum absolute atomic E-state index is 11.8. The van der Waals surface area contributed by atoms with Gasteiger partial charge in [-0.25, -0.2) is 4.79 Å². The molecule has 0 aliphatic heterocycles. The van der Waals surface area contributed by atoms with Crippen LogP contribution in [0.15, 0.2) is 24.3 Å². The van der Waals surface area contributed by atoms with Crippen LogP contribution in [0.3, 0.4) is 0 Å². The summed E-state index contributed by atoms with van der Waals surface area (Å²) in [6, 6.07) is 6.98. The highest BCUT2D eigenvalue weighted by Crippen LogP contribution is 2.15. The van der Waals surface area contributed by atoms with Crippen molar-refractivity contribution in [3.8, 4) is 0 Å². The predicted octanol–water partition coefficient (Wildman–Crippen LogP) is 1.78. The van der Waals surface area contributed by atoms with Gasteiger partial charge >= 0.3 is 12.0 Å². The van der Waals surface area contributed by atoms with E-state index in [4.69, 9.17) is 5.11 Å². The molecule has 1 rings (SSSR count). The lowest BCUT2D eigenvalue weighted by Gasteiger charge is -2.21. The number of amides is 2. The van der Waals surface area contributed by atoms with E-state index in [1.54, 1.807) is 24.3 Å². The highest BCUT2D eigenvalue weighted by molar-refractivity contribution is 5.90. The third-order valence-electron chi connectivity index (χ3n) is 3.24. The molecule has 0 fully saturated rings. The fraction of sp³-hybridized carbons (Fsp3) is 0.467. The molecule has 6 nitrogen and oxygen atoms in total. The number of nitrogens with one attached hydrogen (secondary N) is 2. The van der Waals surface area contributed by atoms with Crippen LogP contribution < -0.4 is 10.6 Å². The highest BCUT2D eigenvalue weighted by Gasteiger charge is 2.09. The van der Waals surface area contributed by atoms with Crippen molar-refractivity contribution < 1.29 is 14.7 Å². The Balaban J connectivity index is 2.49. The van der Waals surface area contributed by atoms with Gasteiger partial charge in [-0.3, -0.25) is 4.79 Å². The first-order valence-corrected chi connectivity index (χ1v) is 6.95. The summed E-state index contributed by atoms with van der Waals surface area (Å²) in [5.74, 6) is -0.928. The van der Waals surface area contributed by atoms with Gasteiger partial charge in [0.05, 0.1) is 6.42 Å². The van der Waals surface area contributed by atoms with E-state index in [1.807, 2.05) is 7.05 Å². The largest absolute Gasteiger partial charge is 0.481 e. The van der Waals surface area contributed by atoms with Gasteiger partial charge in [0.1, 0.15) is 0 Å². The molecule has 0 aromatic heterocycles. The number of nitrogens with zero attached hydrogens (tertiary/aromatic N) is 1. The van der Waals surface area contributed by atoms with Crippen molar-refractivity contribution in [2.45, 2.75) is 26.3 Å². The van der Waals surface area contributed by atoms with Gasteiger partial charge in [0.25, 0.3) is 0 Å². The molecular weight excluding hydrogens is 270 g/mol. The first-order valence-electron chi connectivity index (χ1n) is 6.95. The summed E-state index contributed by atoms with van der Waals surface area (Å²) >= 11 is 0. The third-order valence-corrected chi connectivity index (χ3v) is 3.24. The van der Waals surface area contributed by atoms with Gasteiger partial charge in [-0.2, -0.15) is 0 Å². The molecule has 21 heavy (non-hydrogen) atoms. The van der Waals surface area contributed by atoms with Crippen LogP contribution in [0.4, 0.5) is 10.5 Å². The molecule has 6 heteroatoms. The monoisotopic (exact) mass is 293 g/mol. The van der Waals surface area contributed by atoms with Crippen molar-refractivity contribution in [1.82, 2.24) is 10.2 Å². The number of carboxylic acid groups (broad SMARTS) is 1. The van der Waals surface area contributed by atoms with E-state index in [2.05, 4.69) is 29.4 Å². The SMILES string of the molecule is CC(C)N(C)CCNC(=O)Nc1ccccc1CC(=O)O. The summed E-state index contributed by atoms with van der Waals surface area (Å²) in [5.41, 5.74) is 1.11. The summed E-state index contributed by atoms with van der Waals surface area (Å²) in [6.07, 6.45) is -0.119. The second-order valence-electron chi connectivity index (χ2n) is 5.18. The smallest absolute Gasteiger partial charge is 0.319 e. The van der Waals surface area contributed by atoms with Crippen molar-refractivity contribution in [2.75, 3.05) is 25.5 Å². The molecule has 0 saturated carbocycles. The maximum atomic E-state index is 11.8. The van der Waals surface area contributed by atoms with E-state index in [-0.39, 0.29) is 12.5 Å².